The molecule has 0 radical (unpaired) electrons. The molecule has 0 atom stereocenters. The molecule has 0 amide bonds. The highest BCUT2D eigenvalue weighted by atomic mass is 35.5. The lowest BCUT2D eigenvalue weighted by atomic mass is 10.5. The molecule has 0 bridgehead atoms. The van der Waals surface area contributed by atoms with Crippen LogP contribution in [0.25, 0.3) is 5.82 Å². The van der Waals surface area contributed by atoms with E-state index in [-0.39, 0.29) is 0 Å². The predicted molar refractivity (Wildman–Crippen MR) is 69.5 cm³/mol. The zero-order chi connectivity index (χ0) is 13.0. The molecule has 96 valence electrons. The molecule has 2 rings (SSSR count). The Morgan fingerprint density at radius 1 is 1.39 bits per heavy atom. The van der Waals surface area contributed by atoms with E-state index < -0.39 is 0 Å². The van der Waals surface area contributed by atoms with Crippen LogP contribution in [0.15, 0.2) is 18.6 Å². The molecule has 0 aliphatic heterocycles. The van der Waals surface area contributed by atoms with Crippen molar-refractivity contribution in [2.24, 2.45) is 0 Å². The van der Waals surface area contributed by atoms with Crippen LogP contribution in [0.3, 0.4) is 0 Å². The van der Waals surface area contributed by atoms with Crippen LogP contribution in [-0.2, 0) is 0 Å². The number of anilines is 1. The number of halogens is 1. The Bertz CT molecular complexity index is 528. The van der Waals surface area contributed by atoms with Crippen molar-refractivity contribution in [3.05, 3.63) is 23.6 Å². The Morgan fingerprint density at radius 3 is 2.94 bits per heavy atom. The Labute approximate surface area is 110 Å². The van der Waals surface area contributed by atoms with Crippen LogP contribution in [-0.4, -0.2) is 32.9 Å². The fraction of sp³-hybridized carbons (Fsp3) is 0.364. The van der Waals surface area contributed by atoms with Gasteiger partial charge in [0, 0.05) is 6.54 Å². The highest BCUT2D eigenvalue weighted by molar-refractivity contribution is 6.32. The van der Waals surface area contributed by atoms with Gasteiger partial charge in [-0.1, -0.05) is 11.6 Å². The fourth-order valence-electron chi connectivity index (χ4n) is 1.43. The van der Waals surface area contributed by atoms with Gasteiger partial charge < -0.3 is 10.1 Å². The van der Waals surface area contributed by atoms with Crippen molar-refractivity contribution >= 4 is 17.5 Å². The van der Waals surface area contributed by atoms with Gasteiger partial charge in [0.15, 0.2) is 11.6 Å². The van der Waals surface area contributed by atoms with E-state index in [0.717, 1.165) is 6.54 Å². The molecule has 0 saturated heterocycles. The first-order valence-electron chi connectivity index (χ1n) is 5.68. The van der Waals surface area contributed by atoms with E-state index in [0.29, 0.717) is 29.1 Å². The lowest BCUT2D eigenvalue weighted by Gasteiger charge is -2.06. The molecule has 2 aromatic heterocycles. The third-order valence-corrected chi connectivity index (χ3v) is 2.41. The van der Waals surface area contributed by atoms with Crippen molar-refractivity contribution in [3.63, 3.8) is 0 Å². The van der Waals surface area contributed by atoms with Gasteiger partial charge in [0.1, 0.15) is 5.02 Å². The highest BCUT2D eigenvalue weighted by Crippen LogP contribution is 2.20. The van der Waals surface area contributed by atoms with Crippen LogP contribution in [0.5, 0.6) is 5.75 Å². The van der Waals surface area contributed by atoms with Crippen LogP contribution >= 0.6 is 11.6 Å². The van der Waals surface area contributed by atoms with Gasteiger partial charge >= 0.3 is 0 Å². The van der Waals surface area contributed by atoms with Gasteiger partial charge in [-0.05, 0) is 13.8 Å². The van der Waals surface area contributed by atoms with Crippen LogP contribution in [0.2, 0.25) is 5.02 Å². The first-order valence-corrected chi connectivity index (χ1v) is 6.06. The van der Waals surface area contributed by atoms with Crippen molar-refractivity contribution in [2.45, 2.75) is 13.8 Å². The molecule has 0 fully saturated rings. The molecular formula is C11H14ClN5O. The van der Waals surface area contributed by atoms with Crippen molar-refractivity contribution in [3.8, 4) is 11.6 Å². The number of hydrogen-bond acceptors (Lipinski definition) is 5. The average Bonchev–Trinajstić information content (AvgIpc) is 2.81. The maximum Gasteiger partial charge on any atom is 0.224 e. The van der Waals surface area contributed by atoms with E-state index in [1.54, 1.807) is 23.3 Å². The Kier molecular flexibility index (Phi) is 3.99. The number of aromatic nitrogens is 4. The molecule has 0 unspecified atom stereocenters. The molecule has 6 nitrogen and oxygen atoms in total. The number of nitrogens with zero attached hydrogens (tertiary/aromatic N) is 4. The normalized spacial score (nSPS) is 10.4. The quantitative estimate of drug-likeness (QED) is 0.899. The number of rotatable bonds is 5. The highest BCUT2D eigenvalue weighted by Gasteiger charge is 2.09. The summed E-state index contributed by atoms with van der Waals surface area (Å²) >= 11 is 6.06. The smallest absolute Gasteiger partial charge is 0.224 e. The van der Waals surface area contributed by atoms with Crippen molar-refractivity contribution in [1.82, 2.24) is 19.7 Å². The van der Waals surface area contributed by atoms with E-state index in [2.05, 4.69) is 20.4 Å². The summed E-state index contributed by atoms with van der Waals surface area (Å²) in [6.07, 6.45) is 4.90. The Morgan fingerprint density at radius 2 is 2.22 bits per heavy atom. The fourth-order valence-corrected chi connectivity index (χ4v) is 1.60. The van der Waals surface area contributed by atoms with Gasteiger partial charge in [0.2, 0.25) is 5.95 Å². The molecule has 0 aromatic carbocycles. The van der Waals surface area contributed by atoms with Gasteiger partial charge in [0.25, 0.3) is 0 Å². The lowest BCUT2D eigenvalue weighted by Crippen LogP contribution is -2.06. The van der Waals surface area contributed by atoms with Crippen LogP contribution in [0.4, 0.5) is 5.95 Å². The van der Waals surface area contributed by atoms with E-state index >= 15 is 0 Å². The van der Waals surface area contributed by atoms with E-state index in [1.807, 2.05) is 13.8 Å². The zero-order valence-corrected chi connectivity index (χ0v) is 11.0. The second-order valence-electron chi connectivity index (χ2n) is 3.45. The minimum atomic E-state index is 0.433. The van der Waals surface area contributed by atoms with Crippen molar-refractivity contribution in [1.29, 1.82) is 0 Å². The number of hydrogen-bond donors (Lipinski definition) is 1. The van der Waals surface area contributed by atoms with Crippen LogP contribution in [0.1, 0.15) is 13.8 Å². The van der Waals surface area contributed by atoms with Crippen LogP contribution in [0, 0.1) is 0 Å². The monoisotopic (exact) mass is 267 g/mol. The standard InChI is InChI=1S/C11H14ClN5O/c1-3-13-11-14-6-9(12)10(16-11)17-7-8(5-15-17)18-4-2/h5-7H,3-4H2,1-2H3,(H,13,14,16). The summed E-state index contributed by atoms with van der Waals surface area (Å²) in [6.45, 7) is 5.22. The topological polar surface area (TPSA) is 64.9 Å². The summed E-state index contributed by atoms with van der Waals surface area (Å²) in [5.74, 6) is 1.72. The number of ether oxygens (including phenoxy) is 1. The van der Waals surface area contributed by atoms with Crippen LogP contribution < -0.4 is 10.1 Å². The molecule has 18 heavy (non-hydrogen) atoms. The molecule has 0 spiro atoms. The first kappa shape index (κ1) is 12.6. The third-order valence-electron chi connectivity index (χ3n) is 2.15. The molecular weight excluding hydrogens is 254 g/mol. The summed E-state index contributed by atoms with van der Waals surface area (Å²) in [4.78, 5) is 8.37. The summed E-state index contributed by atoms with van der Waals surface area (Å²) in [5, 5.41) is 7.61. The van der Waals surface area contributed by atoms with Gasteiger partial charge in [-0.2, -0.15) is 10.1 Å². The molecule has 2 aromatic rings. The predicted octanol–water partition coefficient (Wildman–Crippen LogP) is 2.15. The lowest BCUT2D eigenvalue weighted by molar-refractivity contribution is 0.340. The zero-order valence-electron chi connectivity index (χ0n) is 10.2. The molecule has 0 saturated carbocycles. The minimum absolute atomic E-state index is 0.433. The van der Waals surface area contributed by atoms with Gasteiger partial charge in [-0.3, -0.25) is 0 Å². The molecule has 1 N–H and O–H groups in total. The second-order valence-corrected chi connectivity index (χ2v) is 3.86. The average molecular weight is 268 g/mol. The van der Waals surface area contributed by atoms with Gasteiger partial charge in [-0.15, -0.1) is 0 Å². The van der Waals surface area contributed by atoms with E-state index in [4.69, 9.17) is 16.3 Å². The van der Waals surface area contributed by atoms with Crippen molar-refractivity contribution in [2.75, 3.05) is 18.5 Å². The minimum Gasteiger partial charge on any atom is -0.491 e. The summed E-state index contributed by atoms with van der Waals surface area (Å²) in [5.41, 5.74) is 0. The maximum atomic E-state index is 6.06. The molecule has 0 aliphatic carbocycles. The molecule has 2 heterocycles. The molecule has 0 aliphatic rings. The Balaban J connectivity index is 2.32. The van der Waals surface area contributed by atoms with Gasteiger partial charge in [0.05, 0.1) is 25.2 Å². The Hall–Kier alpha value is -1.82. The van der Waals surface area contributed by atoms with E-state index in [9.17, 15) is 0 Å². The largest absolute Gasteiger partial charge is 0.491 e. The molecule has 7 heteroatoms. The third kappa shape index (κ3) is 2.70. The summed E-state index contributed by atoms with van der Waals surface area (Å²) in [7, 11) is 0. The van der Waals surface area contributed by atoms with Crippen molar-refractivity contribution < 1.29 is 4.74 Å². The number of nitrogens with one attached hydrogen (secondary N) is 1. The maximum absolute atomic E-state index is 6.06. The van der Waals surface area contributed by atoms with Gasteiger partial charge in [-0.25, -0.2) is 9.67 Å². The second kappa shape index (κ2) is 5.68. The van der Waals surface area contributed by atoms with E-state index in [1.165, 1.54) is 0 Å². The SMILES string of the molecule is CCNc1ncc(Cl)c(-n2cc(OCC)cn2)n1. The summed E-state index contributed by atoms with van der Waals surface area (Å²) in [6, 6.07) is 0. The first-order chi connectivity index (χ1) is 8.74. The summed E-state index contributed by atoms with van der Waals surface area (Å²) < 4.78 is 6.91.